The number of carbonyl (C=O) groups is 2. The Kier molecular flexibility index (Phi) is 11.4. The van der Waals surface area contributed by atoms with Crippen molar-refractivity contribution < 1.29 is 46.1 Å². The normalized spacial score (nSPS) is 18.3. The summed E-state index contributed by atoms with van der Waals surface area (Å²) in [5, 5.41) is 18.6. The molecule has 2 aromatic heterocycles. The Morgan fingerprint density at radius 2 is 1.03 bits per heavy atom. The van der Waals surface area contributed by atoms with Crippen molar-refractivity contribution in [2.45, 2.75) is 51.1 Å². The molecule has 4 rings (SSSR count). The largest absolute Gasteiger partial charge is 0.490 e. The number of carboxylic acid groups (broad SMARTS) is 2. The van der Waals surface area contributed by atoms with Crippen LogP contribution >= 0.6 is 22.7 Å². The highest BCUT2D eigenvalue weighted by molar-refractivity contribution is 7.10. The number of rotatable bonds is 4. The molecule has 2 saturated heterocycles. The van der Waals surface area contributed by atoms with Gasteiger partial charge in [0, 0.05) is 22.8 Å². The zero-order chi connectivity index (χ0) is 27.7. The van der Waals surface area contributed by atoms with E-state index in [0.29, 0.717) is 5.41 Å². The van der Waals surface area contributed by atoms with E-state index in [2.05, 4.69) is 44.8 Å². The van der Waals surface area contributed by atoms with E-state index in [1.165, 1.54) is 61.6 Å². The van der Waals surface area contributed by atoms with E-state index >= 15 is 0 Å². The average molecular weight is 575 g/mol. The summed E-state index contributed by atoms with van der Waals surface area (Å²) < 4.78 is 63.5. The minimum atomic E-state index is -5.08. The molecule has 4 heterocycles. The molecule has 6 nitrogen and oxygen atoms in total. The molecule has 208 valence electrons. The number of aliphatic carboxylic acids is 2. The van der Waals surface area contributed by atoms with Crippen LogP contribution in [0, 0.1) is 5.41 Å². The summed E-state index contributed by atoms with van der Waals surface area (Å²) in [6.07, 6.45) is -4.53. The molecule has 0 saturated carbocycles. The zero-order valence-corrected chi connectivity index (χ0v) is 21.4. The van der Waals surface area contributed by atoms with Crippen molar-refractivity contribution in [3.8, 4) is 0 Å². The number of likely N-dealkylation sites (tertiary alicyclic amines) is 2. The van der Waals surface area contributed by atoms with Gasteiger partial charge < -0.3 is 10.2 Å². The second-order valence-corrected chi connectivity index (χ2v) is 10.9. The quantitative estimate of drug-likeness (QED) is 0.439. The Labute approximate surface area is 218 Å². The predicted octanol–water partition coefficient (Wildman–Crippen LogP) is 5.95. The standard InChI is InChI=1S/C19H26N2S2.2C2HF3O2/c1-3-17(22-13-1)15-20-9-5-19(6-10-20)7-11-21(12-8-19)16-18-4-2-14-23-18;2*3-2(4,5)1(6)7/h1-4,13-14H,5-12,15-16H2;2*(H,6,7). The van der Waals surface area contributed by atoms with Crippen LogP contribution in [0.25, 0.3) is 0 Å². The first-order valence-electron chi connectivity index (χ1n) is 11.3. The zero-order valence-electron chi connectivity index (χ0n) is 19.7. The summed E-state index contributed by atoms with van der Waals surface area (Å²) in [5.41, 5.74) is 0.651. The molecule has 0 amide bonds. The van der Waals surface area contributed by atoms with Crippen LogP contribution in [0.3, 0.4) is 0 Å². The van der Waals surface area contributed by atoms with Crippen LogP contribution in [0.1, 0.15) is 35.4 Å². The highest BCUT2D eigenvalue weighted by atomic mass is 32.1. The maximum Gasteiger partial charge on any atom is 0.490 e. The van der Waals surface area contributed by atoms with Gasteiger partial charge in [-0.2, -0.15) is 26.3 Å². The van der Waals surface area contributed by atoms with Crippen LogP contribution in [0.5, 0.6) is 0 Å². The lowest BCUT2D eigenvalue weighted by molar-refractivity contribution is -0.193. The molecule has 37 heavy (non-hydrogen) atoms. The summed E-state index contributed by atoms with van der Waals surface area (Å²) in [6.45, 7) is 7.51. The van der Waals surface area contributed by atoms with Gasteiger partial charge in [0.2, 0.25) is 0 Å². The van der Waals surface area contributed by atoms with Crippen molar-refractivity contribution in [1.29, 1.82) is 0 Å². The van der Waals surface area contributed by atoms with Crippen molar-refractivity contribution in [1.82, 2.24) is 9.80 Å². The van der Waals surface area contributed by atoms with Crippen LogP contribution in [0.2, 0.25) is 0 Å². The predicted molar refractivity (Wildman–Crippen MR) is 127 cm³/mol. The van der Waals surface area contributed by atoms with E-state index in [0.717, 1.165) is 13.1 Å². The molecule has 0 unspecified atom stereocenters. The maximum atomic E-state index is 10.6. The number of hydrogen-bond donors (Lipinski definition) is 2. The van der Waals surface area contributed by atoms with Gasteiger partial charge in [-0.1, -0.05) is 12.1 Å². The van der Waals surface area contributed by atoms with Crippen LogP contribution in [0.15, 0.2) is 35.0 Å². The van der Waals surface area contributed by atoms with E-state index in [4.69, 9.17) is 19.8 Å². The molecule has 0 radical (unpaired) electrons. The van der Waals surface area contributed by atoms with Gasteiger partial charge in [-0.25, -0.2) is 9.59 Å². The van der Waals surface area contributed by atoms with Crippen LogP contribution in [-0.2, 0) is 22.7 Å². The lowest BCUT2D eigenvalue weighted by Gasteiger charge is -2.47. The second kappa shape index (κ2) is 13.6. The number of alkyl halides is 6. The highest BCUT2D eigenvalue weighted by Gasteiger charge is 2.39. The van der Waals surface area contributed by atoms with Crippen molar-refractivity contribution >= 4 is 34.6 Å². The number of piperidine rings is 2. The first kappa shape index (κ1) is 31.1. The molecule has 2 aromatic rings. The Bertz CT molecular complexity index is 867. The van der Waals surface area contributed by atoms with E-state index in [-0.39, 0.29) is 0 Å². The van der Waals surface area contributed by atoms with Gasteiger partial charge in [0.05, 0.1) is 0 Å². The second-order valence-electron chi connectivity index (χ2n) is 8.82. The fourth-order valence-corrected chi connectivity index (χ4v) is 5.61. The summed E-state index contributed by atoms with van der Waals surface area (Å²) in [4.78, 5) is 26.2. The third-order valence-corrected chi connectivity index (χ3v) is 7.96. The Balaban J connectivity index is 0.000000286. The van der Waals surface area contributed by atoms with Crippen LogP contribution in [-0.4, -0.2) is 70.5 Å². The fourth-order valence-electron chi connectivity index (χ4n) is 4.12. The molecule has 14 heteroatoms. The third kappa shape index (κ3) is 11.0. The molecule has 2 aliphatic heterocycles. The minimum Gasteiger partial charge on any atom is -0.475 e. The topological polar surface area (TPSA) is 81.1 Å². The number of nitrogens with zero attached hydrogens (tertiary/aromatic N) is 2. The number of hydrogen-bond acceptors (Lipinski definition) is 6. The van der Waals surface area contributed by atoms with Gasteiger partial charge in [0.1, 0.15) is 0 Å². The Morgan fingerprint density at radius 3 is 1.24 bits per heavy atom. The van der Waals surface area contributed by atoms with Gasteiger partial charge in [-0.05, 0) is 80.2 Å². The van der Waals surface area contributed by atoms with Gasteiger partial charge in [-0.15, -0.1) is 22.7 Å². The van der Waals surface area contributed by atoms with Crippen LogP contribution < -0.4 is 0 Å². The molecular formula is C23H28F6N2O4S2. The molecule has 0 atom stereocenters. The lowest BCUT2D eigenvalue weighted by Crippen LogP contribution is -2.46. The average Bonchev–Trinajstić information content (AvgIpc) is 3.51. The SMILES string of the molecule is O=C(O)C(F)(F)F.O=C(O)C(F)(F)F.c1csc(CN2CCC3(CC2)CCN(Cc2cccs2)CC3)c1. The molecule has 2 aliphatic rings. The van der Waals surface area contributed by atoms with Crippen molar-refractivity contribution in [2.24, 2.45) is 5.41 Å². The first-order valence-corrected chi connectivity index (χ1v) is 13.1. The molecule has 2 N–H and O–H groups in total. The van der Waals surface area contributed by atoms with E-state index < -0.39 is 24.3 Å². The molecule has 0 bridgehead atoms. The first-order chi connectivity index (χ1) is 17.2. The van der Waals surface area contributed by atoms with Crippen LogP contribution in [0.4, 0.5) is 26.3 Å². The Morgan fingerprint density at radius 1 is 0.730 bits per heavy atom. The maximum absolute atomic E-state index is 10.6. The molecule has 2 fully saturated rings. The smallest absolute Gasteiger partial charge is 0.475 e. The number of thiophene rings is 2. The van der Waals surface area contributed by atoms with E-state index in [1.807, 2.05) is 22.7 Å². The van der Waals surface area contributed by atoms with Crippen molar-refractivity contribution in [2.75, 3.05) is 26.2 Å². The van der Waals surface area contributed by atoms with E-state index in [9.17, 15) is 26.3 Å². The van der Waals surface area contributed by atoms with Gasteiger partial charge in [0.25, 0.3) is 0 Å². The number of carboxylic acids is 2. The van der Waals surface area contributed by atoms with Gasteiger partial charge >= 0.3 is 24.3 Å². The molecule has 0 aromatic carbocycles. The van der Waals surface area contributed by atoms with Crippen molar-refractivity contribution in [3.63, 3.8) is 0 Å². The summed E-state index contributed by atoms with van der Waals surface area (Å²) >= 11 is 3.80. The summed E-state index contributed by atoms with van der Waals surface area (Å²) in [7, 11) is 0. The van der Waals surface area contributed by atoms with E-state index in [1.54, 1.807) is 0 Å². The monoisotopic (exact) mass is 574 g/mol. The third-order valence-electron chi connectivity index (χ3n) is 6.24. The number of halogens is 6. The van der Waals surface area contributed by atoms with Crippen molar-refractivity contribution in [3.05, 3.63) is 44.8 Å². The Hall–Kier alpha value is -2.16. The van der Waals surface area contributed by atoms with Gasteiger partial charge in [-0.3, -0.25) is 9.80 Å². The minimum absolute atomic E-state index is 0.651. The lowest BCUT2D eigenvalue weighted by atomic mass is 9.71. The molecular weight excluding hydrogens is 546 g/mol. The molecule has 0 aliphatic carbocycles. The highest BCUT2D eigenvalue weighted by Crippen LogP contribution is 2.42. The molecule has 1 spiro atoms. The summed E-state index contributed by atoms with van der Waals surface area (Å²) in [5.74, 6) is -5.51. The summed E-state index contributed by atoms with van der Waals surface area (Å²) in [6, 6.07) is 8.90. The van der Waals surface area contributed by atoms with Gasteiger partial charge in [0.15, 0.2) is 0 Å². The fraction of sp³-hybridized carbons (Fsp3) is 0.565.